The second kappa shape index (κ2) is 6.99. The van der Waals surface area contributed by atoms with Gasteiger partial charge in [0.1, 0.15) is 5.75 Å². The number of rotatable bonds is 4. The molecule has 0 radical (unpaired) electrons. The monoisotopic (exact) mass is 399 g/mol. The van der Waals surface area contributed by atoms with Crippen LogP contribution in [-0.2, 0) is 0 Å². The Labute approximate surface area is 136 Å². The standard InChI is InChI=1S/C15H14INO2S/c1-19-14-9-10(20-2)7-8-11(14)15(18)17-13-6-4-3-5-12(13)16/h3-9H,1-2H3,(H,17,18). The van der Waals surface area contributed by atoms with Crippen molar-refractivity contribution in [3.05, 3.63) is 51.6 Å². The molecule has 0 saturated carbocycles. The number of ether oxygens (including phenoxy) is 1. The van der Waals surface area contributed by atoms with Gasteiger partial charge in [0, 0.05) is 8.47 Å². The van der Waals surface area contributed by atoms with Gasteiger partial charge < -0.3 is 10.1 Å². The van der Waals surface area contributed by atoms with Crippen LogP contribution in [0.1, 0.15) is 10.4 Å². The van der Waals surface area contributed by atoms with Gasteiger partial charge in [0.15, 0.2) is 0 Å². The van der Waals surface area contributed by atoms with Crippen molar-refractivity contribution < 1.29 is 9.53 Å². The number of benzene rings is 2. The number of hydrogen-bond acceptors (Lipinski definition) is 3. The quantitative estimate of drug-likeness (QED) is 0.617. The molecule has 0 fully saturated rings. The topological polar surface area (TPSA) is 38.3 Å². The molecule has 1 N–H and O–H groups in total. The summed E-state index contributed by atoms with van der Waals surface area (Å²) in [5.41, 5.74) is 1.33. The summed E-state index contributed by atoms with van der Waals surface area (Å²) in [5, 5.41) is 2.91. The summed E-state index contributed by atoms with van der Waals surface area (Å²) in [7, 11) is 1.57. The third-order valence-corrected chi connectivity index (χ3v) is 4.44. The largest absolute Gasteiger partial charge is 0.496 e. The minimum absolute atomic E-state index is 0.168. The molecule has 0 spiro atoms. The van der Waals surface area contributed by atoms with Crippen molar-refractivity contribution >= 4 is 45.9 Å². The lowest BCUT2D eigenvalue weighted by Gasteiger charge is -2.11. The van der Waals surface area contributed by atoms with Crippen molar-refractivity contribution in [2.45, 2.75) is 4.90 Å². The van der Waals surface area contributed by atoms with Gasteiger partial charge in [0.2, 0.25) is 0 Å². The summed E-state index contributed by atoms with van der Waals surface area (Å²) in [4.78, 5) is 13.4. The van der Waals surface area contributed by atoms with Gasteiger partial charge in [-0.1, -0.05) is 12.1 Å². The number of thioether (sulfide) groups is 1. The van der Waals surface area contributed by atoms with E-state index < -0.39 is 0 Å². The molecule has 3 nitrogen and oxygen atoms in total. The summed E-state index contributed by atoms with van der Waals surface area (Å²) in [6, 6.07) is 13.2. The van der Waals surface area contributed by atoms with E-state index in [9.17, 15) is 4.79 Å². The van der Waals surface area contributed by atoms with E-state index >= 15 is 0 Å². The highest BCUT2D eigenvalue weighted by Gasteiger charge is 2.14. The van der Waals surface area contributed by atoms with E-state index in [2.05, 4.69) is 27.9 Å². The average Bonchev–Trinajstić information content (AvgIpc) is 2.48. The van der Waals surface area contributed by atoms with Gasteiger partial charge in [-0.3, -0.25) is 4.79 Å². The molecule has 0 unspecified atom stereocenters. The molecule has 0 bridgehead atoms. The molecule has 2 aromatic carbocycles. The Morgan fingerprint density at radius 3 is 2.65 bits per heavy atom. The van der Waals surface area contributed by atoms with Gasteiger partial charge in [0.05, 0.1) is 18.4 Å². The molecule has 104 valence electrons. The molecule has 2 rings (SSSR count). The highest BCUT2D eigenvalue weighted by atomic mass is 127. The van der Waals surface area contributed by atoms with E-state index in [4.69, 9.17) is 4.74 Å². The van der Waals surface area contributed by atoms with Crippen molar-refractivity contribution in [3.63, 3.8) is 0 Å². The van der Waals surface area contributed by atoms with E-state index in [0.29, 0.717) is 11.3 Å². The number of carbonyl (C=O) groups is 1. The maximum absolute atomic E-state index is 12.3. The molecule has 0 aliphatic rings. The fraction of sp³-hybridized carbons (Fsp3) is 0.133. The van der Waals surface area contributed by atoms with E-state index in [1.807, 2.05) is 42.7 Å². The Kier molecular flexibility index (Phi) is 5.31. The fourth-order valence-electron chi connectivity index (χ4n) is 1.74. The zero-order valence-corrected chi connectivity index (χ0v) is 14.1. The highest BCUT2D eigenvalue weighted by molar-refractivity contribution is 14.1. The van der Waals surface area contributed by atoms with Gasteiger partial charge in [0.25, 0.3) is 5.91 Å². The van der Waals surface area contributed by atoms with Crippen LogP contribution in [0.25, 0.3) is 0 Å². The molecule has 1 amide bonds. The summed E-state index contributed by atoms with van der Waals surface area (Å²) >= 11 is 3.81. The number of amides is 1. The van der Waals surface area contributed by atoms with E-state index in [0.717, 1.165) is 14.2 Å². The Hall–Kier alpha value is -1.21. The van der Waals surface area contributed by atoms with Crippen molar-refractivity contribution in [2.24, 2.45) is 0 Å². The van der Waals surface area contributed by atoms with Crippen LogP contribution in [0.15, 0.2) is 47.4 Å². The van der Waals surface area contributed by atoms with Crippen molar-refractivity contribution in [1.82, 2.24) is 0 Å². The van der Waals surface area contributed by atoms with Crippen molar-refractivity contribution in [2.75, 3.05) is 18.7 Å². The third kappa shape index (κ3) is 3.46. The maximum atomic E-state index is 12.3. The minimum Gasteiger partial charge on any atom is -0.496 e. The molecule has 0 aliphatic heterocycles. The van der Waals surface area contributed by atoms with Gasteiger partial charge in [-0.15, -0.1) is 11.8 Å². The van der Waals surface area contributed by atoms with Gasteiger partial charge >= 0.3 is 0 Å². The van der Waals surface area contributed by atoms with Crippen LogP contribution >= 0.6 is 34.4 Å². The Morgan fingerprint density at radius 2 is 2.00 bits per heavy atom. The van der Waals surface area contributed by atoms with Crippen LogP contribution in [0.2, 0.25) is 0 Å². The zero-order valence-electron chi connectivity index (χ0n) is 11.1. The molecule has 2 aromatic rings. The Bertz CT molecular complexity index is 631. The van der Waals surface area contributed by atoms with Crippen molar-refractivity contribution in [3.8, 4) is 5.75 Å². The van der Waals surface area contributed by atoms with Gasteiger partial charge in [-0.05, 0) is 59.2 Å². The lowest BCUT2D eigenvalue weighted by molar-refractivity contribution is 0.102. The summed E-state index contributed by atoms with van der Waals surface area (Å²) < 4.78 is 6.30. The average molecular weight is 399 g/mol. The second-order valence-electron chi connectivity index (χ2n) is 4.00. The van der Waals surface area contributed by atoms with Crippen LogP contribution in [0, 0.1) is 3.57 Å². The van der Waals surface area contributed by atoms with E-state index in [-0.39, 0.29) is 5.91 Å². The van der Waals surface area contributed by atoms with Crippen LogP contribution in [0.4, 0.5) is 5.69 Å². The predicted octanol–water partition coefficient (Wildman–Crippen LogP) is 4.27. The van der Waals surface area contributed by atoms with Crippen molar-refractivity contribution in [1.29, 1.82) is 0 Å². The predicted molar refractivity (Wildman–Crippen MR) is 91.9 cm³/mol. The van der Waals surface area contributed by atoms with Crippen LogP contribution in [-0.4, -0.2) is 19.3 Å². The zero-order chi connectivity index (χ0) is 14.5. The van der Waals surface area contributed by atoms with E-state index in [1.165, 1.54) is 0 Å². The first-order valence-electron chi connectivity index (χ1n) is 5.93. The van der Waals surface area contributed by atoms with Crippen LogP contribution < -0.4 is 10.1 Å². The molecule has 5 heteroatoms. The normalized spacial score (nSPS) is 10.2. The third-order valence-electron chi connectivity index (χ3n) is 2.78. The number of methoxy groups -OCH3 is 1. The molecule has 0 heterocycles. The van der Waals surface area contributed by atoms with Gasteiger partial charge in [-0.25, -0.2) is 0 Å². The SMILES string of the molecule is COc1cc(SC)ccc1C(=O)Nc1ccccc1I. The Morgan fingerprint density at radius 1 is 1.25 bits per heavy atom. The first-order chi connectivity index (χ1) is 9.65. The number of hydrogen-bond donors (Lipinski definition) is 1. The number of nitrogens with one attached hydrogen (secondary N) is 1. The number of anilines is 1. The van der Waals surface area contributed by atoms with Gasteiger partial charge in [-0.2, -0.15) is 0 Å². The number of para-hydroxylation sites is 1. The summed E-state index contributed by atoms with van der Waals surface area (Å²) in [6.45, 7) is 0. The Balaban J connectivity index is 2.27. The molecular weight excluding hydrogens is 385 g/mol. The minimum atomic E-state index is -0.168. The molecule has 0 aromatic heterocycles. The summed E-state index contributed by atoms with van der Waals surface area (Å²) in [5.74, 6) is 0.416. The number of halogens is 1. The first-order valence-corrected chi connectivity index (χ1v) is 8.24. The number of carbonyl (C=O) groups excluding carboxylic acids is 1. The fourth-order valence-corrected chi connectivity index (χ4v) is 2.69. The molecule has 0 saturated heterocycles. The molecule has 20 heavy (non-hydrogen) atoms. The second-order valence-corrected chi connectivity index (χ2v) is 6.04. The maximum Gasteiger partial charge on any atom is 0.259 e. The highest BCUT2D eigenvalue weighted by Crippen LogP contribution is 2.26. The lowest BCUT2D eigenvalue weighted by atomic mass is 10.2. The molecular formula is C15H14INO2S. The van der Waals surface area contributed by atoms with Crippen LogP contribution in [0.3, 0.4) is 0 Å². The first kappa shape index (κ1) is 15.2. The molecule has 0 aliphatic carbocycles. The van der Waals surface area contributed by atoms with Crippen LogP contribution in [0.5, 0.6) is 5.75 Å². The lowest BCUT2D eigenvalue weighted by Crippen LogP contribution is -2.14. The van der Waals surface area contributed by atoms with E-state index in [1.54, 1.807) is 24.9 Å². The smallest absolute Gasteiger partial charge is 0.259 e. The molecule has 0 atom stereocenters. The summed E-state index contributed by atoms with van der Waals surface area (Å²) in [6.07, 6.45) is 1.99.